The first kappa shape index (κ1) is 14.2. The lowest BCUT2D eigenvalue weighted by Gasteiger charge is -2.27. The van der Waals surface area contributed by atoms with E-state index in [9.17, 15) is 14.7 Å². The van der Waals surface area contributed by atoms with Crippen LogP contribution >= 0.6 is 12.2 Å². The molecule has 9 heteroatoms. The summed E-state index contributed by atoms with van der Waals surface area (Å²) >= 11 is 5.00. The minimum Gasteiger partial charge on any atom is -0.407 e. The maximum absolute atomic E-state index is 11.4. The molecule has 1 fully saturated rings. The third kappa shape index (κ3) is 2.88. The van der Waals surface area contributed by atoms with Gasteiger partial charge >= 0.3 is 0 Å². The van der Waals surface area contributed by atoms with Gasteiger partial charge in [0.1, 0.15) is 21.9 Å². The number of aldehydes is 1. The van der Waals surface area contributed by atoms with Crippen LogP contribution in [0.1, 0.15) is 29.4 Å². The quantitative estimate of drug-likeness (QED) is 0.436. The zero-order valence-electron chi connectivity index (χ0n) is 9.91. The van der Waals surface area contributed by atoms with E-state index in [1.54, 1.807) is 0 Å². The number of carbonyl (C=O) groups is 1. The molecule has 2 atom stereocenters. The SMILES string of the molecule is [B]C([B])(O)C1CCC(n2cc(C=O)c(=O)[nH]c2=S)O1. The highest BCUT2D eigenvalue weighted by Crippen LogP contribution is 2.31. The molecule has 19 heavy (non-hydrogen) atoms. The molecule has 1 aromatic heterocycles. The van der Waals surface area contributed by atoms with Crippen LogP contribution in [-0.4, -0.2) is 48.1 Å². The van der Waals surface area contributed by atoms with Crippen molar-refractivity contribution >= 4 is 34.2 Å². The highest BCUT2D eigenvalue weighted by atomic mass is 32.1. The number of nitrogens with one attached hydrogen (secondary N) is 1. The molecule has 2 rings (SSSR count). The predicted molar refractivity (Wildman–Crippen MR) is 70.9 cm³/mol. The van der Waals surface area contributed by atoms with E-state index < -0.39 is 23.3 Å². The number of aromatic nitrogens is 2. The largest absolute Gasteiger partial charge is 0.407 e. The van der Waals surface area contributed by atoms with Crippen molar-refractivity contribution in [3.05, 3.63) is 26.9 Å². The normalized spacial score (nSPS) is 23.4. The van der Waals surface area contributed by atoms with Crippen molar-refractivity contribution in [2.24, 2.45) is 0 Å². The van der Waals surface area contributed by atoms with Crippen molar-refractivity contribution in [3.63, 3.8) is 0 Å². The highest BCUT2D eigenvalue weighted by Gasteiger charge is 2.35. The fourth-order valence-corrected chi connectivity index (χ4v) is 2.23. The van der Waals surface area contributed by atoms with Crippen LogP contribution in [0.2, 0.25) is 0 Å². The van der Waals surface area contributed by atoms with Crippen molar-refractivity contribution in [1.82, 2.24) is 9.55 Å². The zero-order chi connectivity index (χ0) is 14.2. The Bertz CT molecular complexity index is 607. The molecule has 1 aliphatic heterocycles. The number of aromatic amines is 1. The first-order chi connectivity index (χ1) is 8.82. The standard InChI is InChI=1S/C10H10B2N2O4S/c11-10(12,17)6-1-2-7(18-6)14-3-5(4-15)8(16)13-9(14)19/h3-4,6-7,17H,1-2H2,(H,13,16,19). The van der Waals surface area contributed by atoms with Gasteiger partial charge in [-0.2, -0.15) is 0 Å². The molecule has 2 heterocycles. The van der Waals surface area contributed by atoms with Gasteiger partial charge in [0.2, 0.25) is 0 Å². The Labute approximate surface area is 116 Å². The molecule has 2 unspecified atom stereocenters. The average Bonchev–Trinajstić information content (AvgIpc) is 2.78. The van der Waals surface area contributed by atoms with Gasteiger partial charge in [0, 0.05) is 11.6 Å². The number of ether oxygens (including phenoxy) is 1. The minimum absolute atomic E-state index is 0.0589. The maximum Gasteiger partial charge on any atom is 0.262 e. The lowest BCUT2D eigenvalue weighted by atomic mass is 9.61. The molecule has 4 radical (unpaired) electrons. The van der Waals surface area contributed by atoms with Crippen molar-refractivity contribution < 1.29 is 14.6 Å². The van der Waals surface area contributed by atoms with E-state index in [1.165, 1.54) is 10.8 Å². The third-order valence-electron chi connectivity index (χ3n) is 2.95. The van der Waals surface area contributed by atoms with Gasteiger partial charge in [0.05, 0.1) is 11.7 Å². The Hall–Kier alpha value is -1.18. The molecular formula is C10H10B2N2O4S. The average molecular weight is 276 g/mol. The molecule has 0 bridgehead atoms. The Morgan fingerprint density at radius 3 is 2.79 bits per heavy atom. The van der Waals surface area contributed by atoms with E-state index in [4.69, 9.17) is 32.6 Å². The van der Waals surface area contributed by atoms with Crippen molar-refractivity contribution in [1.29, 1.82) is 0 Å². The molecule has 0 amide bonds. The third-order valence-corrected chi connectivity index (χ3v) is 3.26. The van der Waals surface area contributed by atoms with Gasteiger partial charge in [0.25, 0.3) is 5.56 Å². The molecule has 1 saturated heterocycles. The molecule has 6 nitrogen and oxygen atoms in total. The minimum atomic E-state index is -1.94. The summed E-state index contributed by atoms with van der Waals surface area (Å²) in [5.74, 6) is 0. The molecule has 96 valence electrons. The van der Waals surface area contributed by atoms with Crippen LogP contribution in [0.3, 0.4) is 0 Å². The van der Waals surface area contributed by atoms with E-state index in [0.717, 1.165) is 0 Å². The summed E-state index contributed by atoms with van der Waals surface area (Å²) in [6.07, 6.45) is 1.40. The fraction of sp³-hybridized carbons (Fsp3) is 0.500. The first-order valence-electron chi connectivity index (χ1n) is 5.59. The van der Waals surface area contributed by atoms with E-state index in [-0.39, 0.29) is 10.3 Å². The monoisotopic (exact) mass is 276 g/mol. The lowest BCUT2D eigenvalue weighted by molar-refractivity contribution is -0.0496. The van der Waals surface area contributed by atoms with Crippen molar-refractivity contribution in [2.45, 2.75) is 30.6 Å². The van der Waals surface area contributed by atoms with E-state index in [0.29, 0.717) is 19.1 Å². The second kappa shape index (κ2) is 5.07. The second-order valence-corrected chi connectivity index (χ2v) is 4.80. The Morgan fingerprint density at radius 1 is 1.58 bits per heavy atom. The number of nitrogens with zero attached hydrogens (tertiary/aromatic N) is 1. The predicted octanol–water partition coefficient (Wildman–Crippen LogP) is -0.621. The maximum atomic E-state index is 11.4. The number of hydrogen-bond donors (Lipinski definition) is 2. The van der Waals surface area contributed by atoms with Gasteiger partial charge in [-0.1, -0.05) is 0 Å². The van der Waals surface area contributed by atoms with Gasteiger partial charge < -0.3 is 9.84 Å². The molecule has 0 aromatic carbocycles. The summed E-state index contributed by atoms with van der Waals surface area (Å²) in [7, 11) is 10.7. The van der Waals surface area contributed by atoms with Crippen molar-refractivity contribution in [3.8, 4) is 0 Å². The van der Waals surface area contributed by atoms with Gasteiger partial charge in [-0.15, -0.1) is 0 Å². The van der Waals surface area contributed by atoms with Crippen LogP contribution in [0.15, 0.2) is 11.0 Å². The molecule has 0 spiro atoms. The number of aliphatic hydroxyl groups is 1. The smallest absolute Gasteiger partial charge is 0.262 e. The second-order valence-electron chi connectivity index (χ2n) is 4.41. The van der Waals surface area contributed by atoms with Gasteiger partial charge in [-0.25, -0.2) is 0 Å². The van der Waals surface area contributed by atoms with Crippen molar-refractivity contribution in [2.75, 3.05) is 0 Å². The van der Waals surface area contributed by atoms with E-state index >= 15 is 0 Å². The molecule has 0 saturated carbocycles. The summed E-state index contributed by atoms with van der Waals surface area (Å²) < 4.78 is 7.05. The van der Waals surface area contributed by atoms with Gasteiger partial charge in [-0.3, -0.25) is 19.1 Å². The van der Waals surface area contributed by atoms with Crippen LogP contribution < -0.4 is 5.56 Å². The number of carbonyl (C=O) groups excluding carboxylic acids is 1. The van der Waals surface area contributed by atoms with E-state index in [2.05, 4.69) is 4.98 Å². The Balaban J connectivity index is 2.32. The number of H-pyrrole nitrogens is 1. The number of hydrogen-bond acceptors (Lipinski definition) is 5. The summed E-state index contributed by atoms with van der Waals surface area (Å²) in [6.45, 7) is 0. The molecule has 2 N–H and O–H groups in total. The van der Waals surface area contributed by atoms with Crippen LogP contribution in [0.5, 0.6) is 0 Å². The van der Waals surface area contributed by atoms with Crippen LogP contribution in [0, 0.1) is 4.77 Å². The summed E-state index contributed by atoms with van der Waals surface area (Å²) in [5, 5.41) is 7.54. The topological polar surface area (TPSA) is 84.3 Å². The Morgan fingerprint density at radius 2 is 2.26 bits per heavy atom. The molecule has 1 aromatic rings. The first-order valence-corrected chi connectivity index (χ1v) is 6.00. The summed E-state index contributed by atoms with van der Waals surface area (Å²) in [5.41, 5.74) is -0.614. The highest BCUT2D eigenvalue weighted by molar-refractivity contribution is 7.71. The summed E-state index contributed by atoms with van der Waals surface area (Å²) in [6, 6.07) is 0. The van der Waals surface area contributed by atoms with Gasteiger partial charge in [0.15, 0.2) is 11.1 Å². The molecule has 0 aliphatic carbocycles. The van der Waals surface area contributed by atoms with Crippen LogP contribution in [0.4, 0.5) is 0 Å². The Kier molecular flexibility index (Phi) is 3.80. The molecule has 1 aliphatic rings. The van der Waals surface area contributed by atoms with Crippen LogP contribution in [-0.2, 0) is 4.74 Å². The fourth-order valence-electron chi connectivity index (χ4n) is 1.96. The molecular weight excluding hydrogens is 266 g/mol. The van der Waals surface area contributed by atoms with E-state index in [1.807, 2.05) is 0 Å². The lowest BCUT2D eigenvalue weighted by Crippen LogP contribution is -2.43. The van der Waals surface area contributed by atoms with Crippen LogP contribution in [0.25, 0.3) is 0 Å². The number of rotatable bonds is 3. The zero-order valence-corrected chi connectivity index (χ0v) is 10.7. The summed E-state index contributed by atoms with van der Waals surface area (Å²) in [4.78, 5) is 24.5. The van der Waals surface area contributed by atoms with Gasteiger partial charge in [-0.05, 0) is 25.1 Å².